The van der Waals surface area contributed by atoms with Crippen LogP contribution >= 0.6 is 15.9 Å². The number of hydrogen-bond donors (Lipinski definition) is 1. The van der Waals surface area contributed by atoms with E-state index in [0.717, 1.165) is 23.0 Å². The molecule has 0 aliphatic heterocycles. The number of aryl methyl sites for hydroxylation is 2. The maximum atomic E-state index is 12.3. The van der Waals surface area contributed by atoms with Gasteiger partial charge in [0.1, 0.15) is 11.4 Å². The maximum absolute atomic E-state index is 12.3. The van der Waals surface area contributed by atoms with E-state index < -0.39 is 4.92 Å². The number of nitro groups is 1. The molecule has 0 saturated heterocycles. The number of rotatable bonds is 8. The molecule has 9 nitrogen and oxygen atoms in total. The first-order valence-electron chi connectivity index (χ1n) is 9.08. The van der Waals surface area contributed by atoms with Gasteiger partial charge in [0.05, 0.1) is 22.1 Å². The van der Waals surface area contributed by atoms with Crippen LogP contribution in [0.4, 0.5) is 5.69 Å². The highest BCUT2D eigenvalue weighted by Crippen LogP contribution is 2.22. The number of aromatic nitrogens is 4. The van der Waals surface area contributed by atoms with E-state index in [1.807, 2.05) is 23.0 Å². The Kier molecular flexibility index (Phi) is 6.42. The van der Waals surface area contributed by atoms with E-state index in [4.69, 9.17) is 0 Å². The van der Waals surface area contributed by atoms with E-state index >= 15 is 0 Å². The molecular formula is C19H21BrN6O3. The van der Waals surface area contributed by atoms with Crippen LogP contribution in [0.25, 0.3) is 0 Å². The number of hydrogen-bond acceptors (Lipinski definition) is 5. The third kappa shape index (κ3) is 5.08. The van der Waals surface area contributed by atoms with Crippen LogP contribution in [-0.4, -0.2) is 36.9 Å². The summed E-state index contributed by atoms with van der Waals surface area (Å²) in [6.07, 6.45) is 4.39. The van der Waals surface area contributed by atoms with Crippen molar-refractivity contribution in [3.8, 4) is 0 Å². The van der Waals surface area contributed by atoms with Crippen molar-refractivity contribution in [1.29, 1.82) is 0 Å². The number of carbonyl (C=O) groups is 1. The summed E-state index contributed by atoms with van der Waals surface area (Å²) in [7, 11) is 0. The van der Waals surface area contributed by atoms with Gasteiger partial charge < -0.3 is 5.32 Å². The van der Waals surface area contributed by atoms with Gasteiger partial charge in [-0.2, -0.15) is 10.2 Å². The molecule has 0 atom stereocenters. The molecule has 3 rings (SSSR count). The van der Waals surface area contributed by atoms with Crippen LogP contribution in [0.1, 0.15) is 33.7 Å². The van der Waals surface area contributed by atoms with Crippen molar-refractivity contribution >= 4 is 27.5 Å². The second-order valence-electron chi connectivity index (χ2n) is 6.66. The van der Waals surface area contributed by atoms with Gasteiger partial charge in [-0.15, -0.1) is 0 Å². The topological polar surface area (TPSA) is 108 Å². The van der Waals surface area contributed by atoms with Gasteiger partial charge in [0.2, 0.25) is 0 Å². The molecule has 1 aromatic carbocycles. The van der Waals surface area contributed by atoms with Gasteiger partial charge in [-0.3, -0.25) is 24.3 Å². The van der Waals surface area contributed by atoms with Gasteiger partial charge >= 0.3 is 5.69 Å². The third-order valence-electron chi connectivity index (χ3n) is 4.53. The number of nitrogens with one attached hydrogen (secondary N) is 1. The molecule has 29 heavy (non-hydrogen) atoms. The van der Waals surface area contributed by atoms with Crippen molar-refractivity contribution in [2.24, 2.45) is 0 Å². The fourth-order valence-corrected chi connectivity index (χ4v) is 3.37. The number of benzene rings is 1. The molecule has 152 valence electrons. The van der Waals surface area contributed by atoms with Crippen molar-refractivity contribution in [1.82, 2.24) is 24.9 Å². The van der Waals surface area contributed by atoms with E-state index in [0.29, 0.717) is 30.0 Å². The normalized spacial score (nSPS) is 10.9. The second-order valence-corrected chi connectivity index (χ2v) is 7.58. The minimum atomic E-state index is -0.410. The van der Waals surface area contributed by atoms with E-state index in [9.17, 15) is 14.9 Å². The lowest BCUT2D eigenvalue weighted by atomic mass is 10.1. The molecule has 2 aromatic heterocycles. The summed E-state index contributed by atoms with van der Waals surface area (Å²) in [5.74, 6) is -0.139. The van der Waals surface area contributed by atoms with Gasteiger partial charge in [0.15, 0.2) is 0 Å². The lowest BCUT2D eigenvalue weighted by molar-refractivity contribution is -0.386. The molecule has 0 aliphatic rings. The van der Waals surface area contributed by atoms with Gasteiger partial charge in [0, 0.05) is 24.8 Å². The average molecular weight is 461 g/mol. The zero-order valence-electron chi connectivity index (χ0n) is 16.1. The Hall–Kier alpha value is -3.01. The van der Waals surface area contributed by atoms with Crippen LogP contribution in [0.2, 0.25) is 0 Å². The van der Waals surface area contributed by atoms with Crippen LogP contribution in [0, 0.1) is 24.0 Å². The molecule has 0 radical (unpaired) electrons. The van der Waals surface area contributed by atoms with E-state index in [-0.39, 0.29) is 11.6 Å². The Morgan fingerprint density at radius 1 is 1.28 bits per heavy atom. The lowest BCUT2D eigenvalue weighted by Gasteiger charge is -2.07. The van der Waals surface area contributed by atoms with Crippen molar-refractivity contribution in [3.05, 3.63) is 73.8 Å². The van der Waals surface area contributed by atoms with Crippen molar-refractivity contribution in [3.63, 3.8) is 0 Å². The summed E-state index contributed by atoms with van der Waals surface area (Å²) < 4.78 is 4.35. The standard InChI is InChI=1S/C19H21BrN6O3/c1-13-18(26(28)29)14(2)25(23-13)11-15-4-6-16(7-5-15)19(27)21-8-3-9-24-12-17(20)10-22-24/h4-7,10,12H,3,8-9,11H2,1-2H3,(H,21,27). The average Bonchev–Trinajstić information content (AvgIpc) is 3.21. The number of amides is 1. The quantitative estimate of drug-likeness (QED) is 0.315. The first-order chi connectivity index (χ1) is 13.8. The molecule has 1 amide bonds. The first-order valence-corrected chi connectivity index (χ1v) is 9.88. The molecule has 3 aromatic rings. The van der Waals surface area contributed by atoms with Gasteiger partial charge in [-0.1, -0.05) is 12.1 Å². The summed E-state index contributed by atoms with van der Waals surface area (Å²) >= 11 is 3.35. The Balaban J connectivity index is 1.53. The number of nitrogens with zero attached hydrogens (tertiary/aromatic N) is 5. The largest absolute Gasteiger partial charge is 0.352 e. The maximum Gasteiger partial charge on any atom is 0.312 e. The lowest BCUT2D eigenvalue weighted by Crippen LogP contribution is -2.25. The van der Waals surface area contributed by atoms with E-state index in [2.05, 4.69) is 31.4 Å². The number of carbonyl (C=O) groups excluding carboxylic acids is 1. The molecule has 1 N–H and O–H groups in total. The molecule has 2 heterocycles. The Morgan fingerprint density at radius 3 is 2.59 bits per heavy atom. The zero-order valence-corrected chi connectivity index (χ0v) is 17.7. The second kappa shape index (κ2) is 8.99. The number of halogens is 1. The fourth-order valence-electron chi connectivity index (χ4n) is 3.05. The molecule has 0 aliphatic carbocycles. The highest BCUT2D eigenvalue weighted by Gasteiger charge is 2.21. The summed E-state index contributed by atoms with van der Waals surface area (Å²) in [6, 6.07) is 7.15. The zero-order chi connectivity index (χ0) is 21.0. The Bertz CT molecular complexity index is 1030. The smallest absolute Gasteiger partial charge is 0.312 e. The van der Waals surface area contributed by atoms with Gasteiger partial charge in [0.25, 0.3) is 5.91 Å². The molecule has 0 spiro atoms. The summed E-state index contributed by atoms with van der Waals surface area (Å²) in [5.41, 5.74) is 2.43. The van der Waals surface area contributed by atoms with E-state index in [1.54, 1.807) is 36.9 Å². The van der Waals surface area contributed by atoms with E-state index in [1.165, 1.54) is 0 Å². The first kappa shape index (κ1) is 20.7. The highest BCUT2D eigenvalue weighted by molar-refractivity contribution is 9.10. The van der Waals surface area contributed by atoms with Gasteiger partial charge in [-0.25, -0.2) is 0 Å². The van der Waals surface area contributed by atoms with Crippen LogP contribution in [-0.2, 0) is 13.1 Å². The fraction of sp³-hybridized carbons (Fsp3) is 0.316. The van der Waals surface area contributed by atoms with Crippen molar-refractivity contribution < 1.29 is 9.72 Å². The third-order valence-corrected chi connectivity index (χ3v) is 4.94. The summed E-state index contributed by atoms with van der Waals surface area (Å²) in [6.45, 7) is 4.98. The van der Waals surface area contributed by atoms with Gasteiger partial charge in [-0.05, 0) is 53.9 Å². The van der Waals surface area contributed by atoms with Crippen molar-refractivity contribution in [2.45, 2.75) is 33.4 Å². The molecule has 0 bridgehead atoms. The monoisotopic (exact) mass is 460 g/mol. The predicted molar refractivity (Wildman–Crippen MR) is 111 cm³/mol. The minimum Gasteiger partial charge on any atom is -0.352 e. The molecule has 0 fully saturated rings. The predicted octanol–water partition coefficient (Wildman–Crippen LogP) is 3.24. The summed E-state index contributed by atoms with van der Waals surface area (Å²) in [4.78, 5) is 23.0. The Labute approximate surface area is 176 Å². The van der Waals surface area contributed by atoms with Crippen LogP contribution in [0.3, 0.4) is 0 Å². The minimum absolute atomic E-state index is 0.0449. The summed E-state index contributed by atoms with van der Waals surface area (Å²) in [5, 5.41) is 22.4. The molecule has 10 heteroatoms. The molecular weight excluding hydrogens is 440 g/mol. The van der Waals surface area contributed by atoms with Crippen LogP contribution in [0.15, 0.2) is 41.1 Å². The van der Waals surface area contributed by atoms with Crippen molar-refractivity contribution in [2.75, 3.05) is 6.54 Å². The molecule has 0 unspecified atom stereocenters. The molecule has 0 saturated carbocycles. The van der Waals surface area contributed by atoms with Crippen LogP contribution < -0.4 is 5.32 Å². The van der Waals surface area contributed by atoms with Crippen LogP contribution in [0.5, 0.6) is 0 Å². The highest BCUT2D eigenvalue weighted by atomic mass is 79.9. The SMILES string of the molecule is Cc1nn(Cc2ccc(C(=O)NCCCn3cc(Br)cn3)cc2)c(C)c1[N+](=O)[O-]. The Morgan fingerprint density at radius 2 is 2.00 bits per heavy atom.